The molecule has 1 heterocycles. The lowest BCUT2D eigenvalue weighted by Crippen LogP contribution is -2.34. The van der Waals surface area contributed by atoms with Gasteiger partial charge < -0.3 is 9.73 Å². The van der Waals surface area contributed by atoms with Gasteiger partial charge in [0, 0.05) is 17.8 Å². The van der Waals surface area contributed by atoms with Gasteiger partial charge in [0.05, 0.1) is 17.2 Å². The Labute approximate surface area is 176 Å². The third-order valence-corrected chi connectivity index (χ3v) is 6.08. The standard InChI is InChI=1S/C22H25N3O4S/c1-16-6-10-18(11-7-16)24-30(27,28)19-12-8-17(9-13-19)22(26)23-15-20(25(2)3)21-5-4-14-29-21/h4-14,20,24H,15H2,1-3H3,(H,23,26)/t20-/m0/s1. The molecule has 0 spiro atoms. The molecule has 0 aliphatic carbocycles. The molecule has 3 aromatic rings. The van der Waals surface area contributed by atoms with Gasteiger partial charge in [0.1, 0.15) is 5.76 Å². The van der Waals surface area contributed by atoms with Crippen LogP contribution in [0.25, 0.3) is 0 Å². The highest BCUT2D eigenvalue weighted by Crippen LogP contribution is 2.19. The number of carbonyl (C=O) groups excluding carboxylic acids is 1. The Kier molecular flexibility index (Phi) is 6.59. The van der Waals surface area contributed by atoms with E-state index >= 15 is 0 Å². The molecule has 2 N–H and O–H groups in total. The number of nitrogens with one attached hydrogen (secondary N) is 2. The summed E-state index contributed by atoms with van der Waals surface area (Å²) < 4.78 is 33.1. The SMILES string of the molecule is Cc1ccc(NS(=O)(=O)c2ccc(C(=O)NC[C@@H](c3ccco3)N(C)C)cc2)cc1. The van der Waals surface area contributed by atoms with Crippen LogP contribution in [-0.4, -0.2) is 39.9 Å². The van der Waals surface area contributed by atoms with Gasteiger partial charge in [0.2, 0.25) is 0 Å². The maximum Gasteiger partial charge on any atom is 0.261 e. The molecule has 0 saturated heterocycles. The monoisotopic (exact) mass is 427 g/mol. The molecule has 0 saturated carbocycles. The topological polar surface area (TPSA) is 91.6 Å². The largest absolute Gasteiger partial charge is 0.468 e. The van der Waals surface area contributed by atoms with Crippen molar-refractivity contribution in [2.24, 2.45) is 0 Å². The molecule has 158 valence electrons. The highest BCUT2D eigenvalue weighted by atomic mass is 32.2. The lowest BCUT2D eigenvalue weighted by atomic mass is 10.2. The van der Waals surface area contributed by atoms with E-state index in [0.717, 1.165) is 11.3 Å². The number of rotatable bonds is 8. The van der Waals surface area contributed by atoms with E-state index in [0.29, 0.717) is 17.8 Å². The molecule has 8 heteroatoms. The first kappa shape index (κ1) is 21.6. The highest BCUT2D eigenvalue weighted by Gasteiger charge is 2.19. The number of anilines is 1. The summed E-state index contributed by atoms with van der Waals surface area (Å²) in [6.07, 6.45) is 1.59. The molecule has 7 nitrogen and oxygen atoms in total. The molecule has 30 heavy (non-hydrogen) atoms. The van der Waals surface area contributed by atoms with Crippen molar-refractivity contribution in [3.8, 4) is 0 Å². The van der Waals surface area contributed by atoms with Crippen LogP contribution < -0.4 is 10.0 Å². The number of furan rings is 1. The van der Waals surface area contributed by atoms with E-state index in [9.17, 15) is 13.2 Å². The van der Waals surface area contributed by atoms with Gasteiger partial charge in [0.15, 0.2) is 0 Å². The molecule has 0 bridgehead atoms. The van der Waals surface area contributed by atoms with E-state index < -0.39 is 10.0 Å². The Morgan fingerprint density at radius 1 is 1.03 bits per heavy atom. The van der Waals surface area contributed by atoms with E-state index in [2.05, 4.69) is 10.0 Å². The van der Waals surface area contributed by atoms with Crippen molar-refractivity contribution in [2.45, 2.75) is 17.9 Å². The molecule has 1 amide bonds. The van der Waals surface area contributed by atoms with Gasteiger partial charge in [0.25, 0.3) is 15.9 Å². The zero-order valence-corrected chi connectivity index (χ0v) is 17.9. The summed E-state index contributed by atoms with van der Waals surface area (Å²) in [4.78, 5) is 14.5. The molecule has 2 aromatic carbocycles. The normalized spacial score (nSPS) is 12.5. The molecule has 0 unspecified atom stereocenters. The van der Waals surface area contributed by atoms with Crippen LogP contribution in [0.1, 0.15) is 27.7 Å². The highest BCUT2D eigenvalue weighted by molar-refractivity contribution is 7.92. The molecule has 0 radical (unpaired) electrons. The van der Waals surface area contributed by atoms with Gasteiger partial charge in [-0.05, 0) is 69.6 Å². The Morgan fingerprint density at radius 2 is 1.70 bits per heavy atom. The van der Waals surface area contributed by atoms with E-state index in [1.807, 2.05) is 44.1 Å². The Morgan fingerprint density at radius 3 is 2.27 bits per heavy atom. The van der Waals surface area contributed by atoms with Crippen LogP contribution in [0.15, 0.2) is 76.2 Å². The van der Waals surface area contributed by atoms with E-state index in [-0.39, 0.29) is 16.8 Å². The number of likely N-dealkylation sites (N-methyl/N-ethyl adjacent to an activating group) is 1. The minimum atomic E-state index is -3.74. The second-order valence-corrected chi connectivity index (χ2v) is 8.88. The summed E-state index contributed by atoms with van der Waals surface area (Å²) in [5.41, 5.74) is 1.90. The minimum Gasteiger partial charge on any atom is -0.468 e. The number of amides is 1. The first-order valence-electron chi connectivity index (χ1n) is 9.44. The van der Waals surface area contributed by atoms with Crippen molar-refractivity contribution >= 4 is 21.6 Å². The second-order valence-electron chi connectivity index (χ2n) is 7.20. The predicted molar refractivity (Wildman–Crippen MR) is 116 cm³/mol. The number of benzene rings is 2. The Balaban J connectivity index is 1.65. The summed E-state index contributed by atoms with van der Waals surface area (Å²) >= 11 is 0. The third-order valence-electron chi connectivity index (χ3n) is 4.68. The molecule has 0 fully saturated rings. The number of hydrogen-bond acceptors (Lipinski definition) is 5. The lowest BCUT2D eigenvalue weighted by Gasteiger charge is -2.22. The molecule has 0 aliphatic rings. The van der Waals surface area contributed by atoms with Crippen molar-refractivity contribution in [3.63, 3.8) is 0 Å². The van der Waals surface area contributed by atoms with Gasteiger partial charge >= 0.3 is 0 Å². The average Bonchev–Trinajstić information content (AvgIpc) is 3.24. The quantitative estimate of drug-likeness (QED) is 0.575. The van der Waals surface area contributed by atoms with Crippen LogP contribution in [0.5, 0.6) is 0 Å². The fourth-order valence-electron chi connectivity index (χ4n) is 2.93. The maximum absolute atomic E-state index is 12.6. The molecular weight excluding hydrogens is 402 g/mol. The van der Waals surface area contributed by atoms with Crippen LogP contribution in [0.2, 0.25) is 0 Å². The Hall–Kier alpha value is -3.10. The predicted octanol–water partition coefficient (Wildman–Crippen LogP) is 3.42. The third kappa shape index (κ3) is 5.28. The van der Waals surface area contributed by atoms with Crippen molar-refractivity contribution in [2.75, 3.05) is 25.4 Å². The van der Waals surface area contributed by atoms with E-state index in [4.69, 9.17) is 4.42 Å². The molecule has 1 aromatic heterocycles. The maximum atomic E-state index is 12.6. The van der Waals surface area contributed by atoms with Gasteiger partial charge in [-0.25, -0.2) is 8.42 Å². The summed E-state index contributed by atoms with van der Waals surface area (Å²) in [6.45, 7) is 2.28. The summed E-state index contributed by atoms with van der Waals surface area (Å²) in [7, 11) is 0.0697. The van der Waals surface area contributed by atoms with Gasteiger partial charge in [-0.15, -0.1) is 0 Å². The van der Waals surface area contributed by atoms with Gasteiger partial charge in [-0.1, -0.05) is 17.7 Å². The number of sulfonamides is 1. The van der Waals surface area contributed by atoms with Crippen molar-refractivity contribution < 1.29 is 17.6 Å². The van der Waals surface area contributed by atoms with Crippen molar-refractivity contribution in [1.29, 1.82) is 0 Å². The summed E-state index contributed by atoms with van der Waals surface area (Å²) in [5, 5.41) is 2.87. The minimum absolute atomic E-state index is 0.0846. The van der Waals surface area contributed by atoms with E-state index in [1.54, 1.807) is 24.5 Å². The van der Waals surface area contributed by atoms with Gasteiger partial charge in [-0.2, -0.15) is 0 Å². The summed E-state index contributed by atoms with van der Waals surface area (Å²) in [5.74, 6) is 0.466. The van der Waals surface area contributed by atoms with Gasteiger partial charge in [-0.3, -0.25) is 14.4 Å². The smallest absolute Gasteiger partial charge is 0.261 e. The van der Waals surface area contributed by atoms with Crippen LogP contribution in [0.3, 0.4) is 0 Å². The fraction of sp³-hybridized carbons (Fsp3) is 0.227. The number of nitrogens with zero attached hydrogens (tertiary/aromatic N) is 1. The lowest BCUT2D eigenvalue weighted by molar-refractivity contribution is 0.0939. The average molecular weight is 428 g/mol. The number of aryl methyl sites for hydroxylation is 1. The van der Waals surface area contributed by atoms with Crippen LogP contribution in [-0.2, 0) is 10.0 Å². The Bertz CT molecular complexity index is 1070. The molecule has 1 atom stereocenters. The zero-order chi connectivity index (χ0) is 21.7. The van der Waals surface area contributed by atoms with E-state index in [1.165, 1.54) is 24.3 Å². The molecular formula is C22H25N3O4S. The molecule has 3 rings (SSSR count). The first-order chi connectivity index (χ1) is 14.3. The number of carbonyl (C=O) groups is 1. The second kappa shape index (κ2) is 9.15. The van der Waals surface area contributed by atoms with Crippen LogP contribution in [0, 0.1) is 6.92 Å². The summed E-state index contributed by atoms with van der Waals surface area (Å²) in [6, 6.07) is 16.4. The van der Waals surface area contributed by atoms with Crippen molar-refractivity contribution in [1.82, 2.24) is 10.2 Å². The van der Waals surface area contributed by atoms with Crippen molar-refractivity contribution in [3.05, 3.63) is 83.8 Å². The fourth-order valence-corrected chi connectivity index (χ4v) is 3.99. The zero-order valence-electron chi connectivity index (χ0n) is 17.1. The van der Waals surface area contributed by atoms with Crippen LogP contribution >= 0.6 is 0 Å². The van der Waals surface area contributed by atoms with Crippen LogP contribution in [0.4, 0.5) is 5.69 Å². The number of hydrogen-bond donors (Lipinski definition) is 2. The molecule has 0 aliphatic heterocycles. The first-order valence-corrected chi connectivity index (χ1v) is 10.9.